The molecule has 0 saturated carbocycles. The second-order valence-electron chi connectivity index (χ2n) is 5.26. The van der Waals surface area contributed by atoms with Gasteiger partial charge in [-0.3, -0.25) is 4.98 Å². The fourth-order valence-electron chi connectivity index (χ4n) is 2.85. The van der Waals surface area contributed by atoms with Crippen molar-refractivity contribution >= 4 is 22.1 Å². The zero-order valence-electron chi connectivity index (χ0n) is 11.3. The summed E-state index contributed by atoms with van der Waals surface area (Å²) in [7, 11) is 0. The maximum Gasteiger partial charge on any atom is 0.0726 e. The molecule has 3 rings (SSSR count). The number of nitrogens with zero attached hydrogens (tertiary/aromatic N) is 2. The number of morpholine rings is 1. The summed E-state index contributed by atoms with van der Waals surface area (Å²) in [6.45, 7) is 6.05. The van der Waals surface area contributed by atoms with Gasteiger partial charge in [0.2, 0.25) is 0 Å². The molecule has 0 aliphatic carbocycles. The van der Waals surface area contributed by atoms with Gasteiger partial charge in [0.25, 0.3) is 0 Å². The van der Waals surface area contributed by atoms with E-state index in [1.165, 1.54) is 5.69 Å². The number of nitrogens with two attached hydrogens (primary N) is 1. The van der Waals surface area contributed by atoms with Gasteiger partial charge in [-0.2, -0.15) is 0 Å². The van der Waals surface area contributed by atoms with Gasteiger partial charge in [0, 0.05) is 47.6 Å². The Labute approximate surface area is 113 Å². The smallest absolute Gasteiger partial charge is 0.0726 e. The van der Waals surface area contributed by atoms with Crippen molar-refractivity contribution in [3.8, 4) is 0 Å². The summed E-state index contributed by atoms with van der Waals surface area (Å²) in [4.78, 5) is 6.54. The molecule has 2 heterocycles. The lowest BCUT2D eigenvalue weighted by Crippen LogP contribution is -2.45. The van der Waals surface area contributed by atoms with E-state index in [0.29, 0.717) is 0 Å². The molecule has 0 radical (unpaired) electrons. The molecule has 1 aromatic heterocycles. The fraction of sp³-hybridized carbons (Fsp3) is 0.400. The molecule has 0 amide bonds. The van der Waals surface area contributed by atoms with Crippen molar-refractivity contribution in [2.24, 2.45) is 0 Å². The standard InChI is InChI=1S/C15H19N3O/c1-10-8-18(9-11(2)19-10)15-4-3-14(16)13-7-17-6-5-12(13)15/h3-7,10-11H,8-9,16H2,1-2H3/t10-,11+. The number of aromatic nitrogens is 1. The molecule has 2 aromatic rings. The van der Waals surface area contributed by atoms with Crippen LogP contribution in [-0.4, -0.2) is 30.3 Å². The first-order chi connectivity index (χ1) is 9.15. The molecule has 0 bridgehead atoms. The first kappa shape index (κ1) is 12.2. The first-order valence-electron chi connectivity index (χ1n) is 6.68. The van der Waals surface area contributed by atoms with Crippen LogP contribution in [0.25, 0.3) is 10.8 Å². The number of nitrogen functional groups attached to an aromatic ring is 1. The van der Waals surface area contributed by atoms with Crippen molar-refractivity contribution < 1.29 is 4.74 Å². The van der Waals surface area contributed by atoms with Gasteiger partial charge in [0.05, 0.1) is 12.2 Å². The lowest BCUT2D eigenvalue weighted by molar-refractivity contribution is -0.00513. The first-order valence-corrected chi connectivity index (χ1v) is 6.68. The van der Waals surface area contributed by atoms with Gasteiger partial charge in [-0.05, 0) is 32.0 Å². The molecule has 2 atom stereocenters. The van der Waals surface area contributed by atoms with E-state index in [1.54, 1.807) is 0 Å². The Morgan fingerprint density at radius 3 is 2.63 bits per heavy atom. The molecule has 1 aliphatic rings. The minimum absolute atomic E-state index is 0.248. The van der Waals surface area contributed by atoms with E-state index < -0.39 is 0 Å². The van der Waals surface area contributed by atoms with Crippen molar-refractivity contribution in [2.45, 2.75) is 26.1 Å². The number of hydrogen-bond acceptors (Lipinski definition) is 4. The third-order valence-electron chi connectivity index (χ3n) is 3.59. The van der Waals surface area contributed by atoms with E-state index in [-0.39, 0.29) is 12.2 Å². The maximum atomic E-state index is 6.03. The highest BCUT2D eigenvalue weighted by Crippen LogP contribution is 2.31. The molecule has 1 aromatic carbocycles. The molecular formula is C15H19N3O. The van der Waals surface area contributed by atoms with E-state index in [2.05, 4.69) is 29.8 Å². The zero-order valence-corrected chi connectivity index (χ0v) is 11.3. The van der Waals surface area contributed by atoms with Crippen LogP contribution in [0.5, 0.6) is 0 Å². The third-order valence-corrected chi connectivity index (χ3v) is 3.59. The van der Waals surface area contributed by atoms with Crippen LogP contribution in [0, 0.1) is 0 Å². The average Bonchev–Trinajstić information content (AvgIpc) is 2.38. The summed E-state index contributed by atoms with van der Waals surface area (Å²) in [5.41, 5.74) is 8.02. The highest BCUT2D eigenvalue weighted by Gasteiger charge is 2.23. The van der Waals surface area contributed by atoms with Gasteiger partial charge in [0.1, 0.15) is 0 Å². The average molecular weight is 257 g/mol. The molecule has 0 unspecified atom stereocenters. The minimum Gasteiger partial charge on any atom is -0.398 e. The molecule has 1 saturated heterocycles. The Bertz CT molecular complexity index is 589. The number of benzene rings is 1. The summed E-state index contributed by atoms with van der Waals surface area (Å²) < 4.78 is 5.79. The predicted octanol–water partition coefficient (Wildman–Crippen LogP) is 2.43. The van der Waals surface area contributed by atoms with Crippen molar-refractivity contribution in [3.63, 3.8) is 0 Å². The van der Waals surface area contributed by atoms with Gasteiger partial charge >= 0.3 is 0 Å². The fourth-order valence-corrected chi connectivity index (χ4v) is 2.85. The monoisotopic (exact) mass is 257 g/mol. The maximum absolute atomic E-state index is 6.03. The highest BCUT2D eigenvalue weighted by atomic mass is 16.5. The largest absolute Gasteiger partial charge is 0.398 e. The van der Waals surface area contributed by atoms with Crippen LogP contribution < -0.4 is 10.6 Å². The molecule has 100 valence electrons. The lowest BCUT2D eigenvalue weighted by atomic mass is 10.1. The van der Waals surface area contributed by atoms with Gasteiger partial charge in [0.15, 0.2) is 0 Å². The van der Waals surface area contributed by atoms with Crippen molar-refractivity contribution in [1.82, 2.24) is 4.98 Å². The van der Waals surface area contributed by atoms with E-state index in [9.17, 15) is 0 Å². The molecule has 2 N–H and O–H groups in total. The van der Waals surface area contributed by atoms with Crippen LogP contribution in [0.2, 0.25) is 0 Å². The summed E-state index contributed by atoms with van der Waals surface area (Å²) in [6, 6.07) is 6.10. The highest BCUT2D eigenvalue weighted by molar-refractivity contribution is 6.00. The Kier molecular flexibility index (Phi) is 3.03. The minimum atomic E-state index is 0.248. The summed E-state index contributed by atoms with van der Waals surface area (Å²) in [6.07, 6.45) is 4.15. The molecule has 19 heavy (non-hydrogen) atoms. The van der Waals surface area contributed by atoms with Crippen LogP contribution in [0.4, 0.5) is 11.4 Å². The summed E-state index contributed by atoms with van der Waals surface area (Å²) >= 11 is 0. The molecular weight excluding hydrogens is 238 g/mol. The number of anilines is 2. The molecule has 4 heteroatoms. The molecule has 1 aliphatic heterocycles. The lowest BCUT2D eigenvalue weighted by Gasteiger charge is -2.37. The molecule has 1 fully saturated rings. The second-order valence-corrected chi connectivity index (χ2v) is 5.26. The number of pyridine rings is 1. The van der Waals surface area contributed by atoms with Gasteiger partial charge in [-0.1, -0.05) is 0 Å². The molecule has 4 nitrogen and oxygen atoms in total. The quantitative estimate of drug-likeness (QED) is 0.797. The van der Waals surface area contributed by atoms with Crippen LogP contribution in [0.1, 0.15) is 13.8 Å². The van der Waals surface area contributed by atoms with Crippen molar-refractivity contribution in [2.75, 3.05) is 23.7 Å². The van der Waals surface area contributed by atoms with E-state index in [4.69, 9.17) is 10.5 Å². The number of ether oxygens (including phenoxy) is 1. The second kappa shape index (κ2) is 4.70. The Balaban J connectivity index is 2.07. The summed E-state index contributed by atoms with van der Waals surface area (Å²) in [5, 5.41) is 2.18. The van der Waals surface area contributed by atoms with Crippen LogP contribution in [-0.2, 0) is 4.74 Å². The number of fused-ring (bicyclic) bond motifs is 1. The molecule has 0 spiro atoms. The normalized spacial score (nSPS) is 23.8. The van der Waals surface area contributed by atoms with E-state index in [1.807, 2.05) is 24.5 Å². The Hall–Kier alpha value is -1.81. The number of hydrogen-bond donors (Lipinski definition) is 1. The van der Waals surface area contributed by atoms with Crippen molar-refractivity contribution in [1.29, 1.82) is 0 Å². The van der Waals surface area contributed by atoms with E-state index >= 15 is 0 Å². The van der Waals surface area contributed by atoms with E-state index in [0.717, 1.165) is 29.5 Å². The van der Waals surface area contributed by atoms with Gasteiger partial charge in [-0.15, -0.1) is 0 Å². The Morgan fingerprint density at radius 1 is 1.16 bits per heavy atom. The van der Waals surface area contributed by atoms with Gasteiger partial charge in [-0.25, -0.2) is 0 Å². The third kappa shape index (κ3) is 2.24. The van der Waals surface area contributed by atoms with Crippen molar-refractivity contribution in [3.05, 3.63) is 30.6 Å². The predicted molar refractivity (Wildman–Crippen MR) is 78.4 cm³/mol. The van der Waals surface area contributed by atoms with Crippen LogP contribution in [0.15, 0.2) is 30.6 Å². The Morgan fingerprint density at radius 2 is 1.89 bits per heavy atom. The zero-order chi connectivity index (χ0) is 13.4. The van der Waals surface area contributed by atoms with Crippen LogP contribution >= 0.6 is 0 Å². The van der Waals surface area contributed by atoms with Crippen LogP contribution in [0.3, 0.4) is 0 Å². The SMILES string of the molecule is C[C@@H]1CN(c2ccc(N)c3cnccc23)C[C@H](C)O1. The number of rotatable bonds is 1. The van der Waals surface area contributed by atoms with Gasteiger partial charge < -0.3 is 15.4 Å². The summed E-state index contributed by atoms with van der Waals surface area (Å²) in [5.74, 6) is 0. The topological polar surface area (TPSA) is 51.4 Å².